The van der Waals surface area contributed by atoms with Gasteiger partial charge in [0.25, 0.3) is 5.91 Å². The lowest BCUT2D eigenvalue weighted by Gasteiger charge is -2.19. The van der Waals surface area contributed by atoms with Gasteiger partial charge < -0.3 is 16.4 Å². The number of hydrogen-bond acceptors (Lipinski definition) is 6. The van der Waals surface area contributed by atoms with Gasteiger partial charge in [-0.3, -0.25) is 9.59 Å². The van der Waals surface area contributed by atoms with Crippen LogP contribution in [0.5, 0.6) is 0 Å². The second kappa shape index (κ2) is 9.30. The van der Waals surface area contributed by atoms with Crippen molar-refractivity contribution in [1.29, 1.82) is 0 Å². The number of nitrogens with two attached hydrogens (primary N) is 1. The number of anilines is 2. The lowest BCUT2D eigenvalue weighted by atomic mass is 9.87. The molecule has 0 spiro atoms. The van der Waals surface area contributed by atoms with Gasteiger partial charge in [-0.05, 0) is 46.2 Å². The van der Waals surface area contributed by atoms with Crippen molar-refractivity contribution in [2.24, 2.45) is 0 Å². The van der Waals surface area contributed by atoms with Gasteiger partial charge in [-0.25, -0.2) is 14.6 Å². The molecule has 0 fully saturated rings. The van der Waals surface area contributed by atoms with Gasteiger partial charge in [0.1, 0.15) is 18.7 Å². The van der Waals surface area contributed by atoms with Crippen molar-refractivity contribution in [3.8, 4) is 0 Å². The lowest BCUT2D eigenvalue weighted by Crippen LogP contribution is -2.27. The number of carbonyl (C=O) groups excluding carboxylic acids is 2. The average molecular weight is 458 g/mol. The van der Waals surface area contributed by atoms with E-state index in [-0.39, 0.29) is 23.7 Å². The van der Waals surface area contributed by atoms with E-state index in [1.54, 1.807) is 6.20 Å². The van der Waals surface area contributed by atoms with Gasteiger partial charge in [-0.1, -0.05) is 45.0 Å². The van der Waals surface area contributed by atoms with Crippen LogP contribution in [-0.2, 0) is 23.3 Å². The summed E-state index contributed by atoms with van der Waals surface area (Å²) in [5.41, 5.74) is 8.66. The number of nitrogens with one attached hydrogen (secondary N) is 2. The Hall–Kier alpha value is -4.27. The molecule has 0 aliphatic heterocycles. The zero-order valence-corrected chi connectivity index (χ0v) is 19.4. The summed E-state index contributed by atoms with van der Waals surface area (Å²) in [5.74, 6) is -0.217. The van der Waals surface area contributed by atoms with Crippen molar-refractivity contribution >= 4 is 34.1 Å². The van der Waals surface area contributed by atoms with Crippen LogP contribution in [0.4, 0.5) is 11.5 Å². The highest BCUT2D eigenvalue weighted by molar-refractivity contribution is 6.01. The van der Waals surface area contributed by atoms with E-state index < -0.39 is 5.91 Å². The zero-order chi connectivity index (χ0) is 24.3. The number of pyridine rings is 1. The molecule has 2 heterocycles. The maximum atomic E-state index is 12.5. The number of fused-ring (bicyclic) bond motifs is 1. The lowest BCUT2D eigenvalue weighted by molar-refractivity contribution is -0.122. The Bertz CT molecular complexity index is 1340. The second-order valence-corrected chi connectivity index (χ2v) is 9.08. The molecule has 0 radical (unpaired) electrons. The minimum Gasteiger partial charge on any atom is -0.383 e. The summed E-state index contributed by atoms with van der Waals surface area (Å²) in [6.07, 6.45) is 3.02. The highest BCUT2D eigenvalue weighted by atomic mass is 16.2. The minimum absolute atomic E-state index is 0.00609. The number of aromatic nitrogens is 4. The van der Waals surface area contributed by atoms with Crippen LogP contribution in [0.3, 0.4) is 0 Å². The summed E-state index contributed by atoms with van der Waals surface area (Å²) in [6, 6.07) is 15.3. The van der Waals surface area contributed by atoms with Crippen molar-refractivity contribution in [1.82, 2.24) is 25.1 Å². The van der Waals surface area contributed by atoms with E-state index in [1.165, 1.54) is 16.6 Å². The molecule has 2 amide bonds. The Morgan fingerprint density at radius 1 is 1.03 bits per heavy atom. The third kappa shape index (κ3) is 5.37. The maximum Gasteiger partial charge on any atom is 0.295 e. The molecule has 0 atom stereocenters. The molecule has 0 aliphatic carbocycles. The van der Waals surface area contributed by atoms with Crippen LogP contribution in [-0.4, -0.2) is 31.6 Å². The Morgan fingerprint density at radius 2 is 1.79 bits per heavy atom. The fourth-order valence-electron chi connectivity index (χ4n) is 3.48. The van der Waals surface area contributed by atoms with Crippen molar-refractivity contribution in [2.45, 2.75) is 39.3 Å². The summed E-state index contributed by atoms with van der Waals surface area (Å²) in [5, 5.41) is 11.6. The maximum absolute atomic E-state index is 12.5. The first-order chi connectivity index (χ1) is 16.2. The number of nitrogens with zero attached hydrogens (tertiary/aromatic N) is 4. The summed E-state index contributed by atoms with van der Waals surface area (Å²) in [6.45, 7) is 6.68. The molecule has 4 aromatic rings. The van der Waals surface area contributed by atoms with E-state index in [9.17, 15) is 9.59 Å². The smallest absolute Gasteiger partial charge is 0.295 e. The number of rotatable bonds is 6. The molecule has 9 nitrogen and oxygen atoms in total. The fraction of sp³-hybridized carbons (Fsp3) is 0.240. The van der Waals surface area contributed by atoms with Crippen LogP contribution in [0.2, 0.25) is 0 Å². The van der Waals surface area contributed by atoms with E-state index in [0.717, 1.165) is 16.3 Å². The molecular weight excluding hydrogens is 430 g/mol. The molecule has 2 aromatic carbocycles. The van der Waals surface area contributed by atoms with E-state index in [1.807, 2.05) is 48.5 Å². The van der Waals surface area contributed by atoms with Crippen molar-refractivity contribution in [2.75, 3.05) is 11.1 Å². The van der Waals surface area contributed by atoms with Gasteiger partial charge in [0.2, 0.25) is 11.7 Å². The Kier molecular flexibility index (Phi) is 6.27. The quantitative estimate of drug-likeness (QED) is 0.408. The van der Waals surface area contributed by atoms with Gasteiger partial charge in [0, 0.05) is 23.8 Å². The first-order valence-corrected chi connectivity index (χ1v) is 10.9. The van der Waals surface area contributed by atoms with Crippen molar-refractivity contribution in [3.63, 3.8) is 0 Å². The van der Waals surface area contributed by atoms with Crippen LogP contribution in [0, 0.1) is 0 Å². The van der Waals surface area contributed by atoms with Crippen LogP contribution < -0.4 is 16.4 Å². The number of benzene rings is 2. The molecule has 34 heavy (non-hydrogen) atoms. The summed E-state index contributed by atoms with van der Waals surface area (Å²) < 4.78 is 1.33. The van der Waals surface area contributed by atoms with Gasteiger partial charge in [-0.2, -0.15) is 0 Å². The van der Waals surface area contributed by atoms with Crippen LogP contribution in [0.15, 0.2) is 61.1 Å². The first kappa shape index (κ1) is 22.9. The molecule has 0 saturated carbocycles. The molecular formula is C25H27N7O2. The van der Waals surface area contributed by atoms with E-state index in [0.29, 0.717) is 18.1 Å². The normalized spacial score (nSPS) is 11.4. The molecule has 174 valence electrons. The second-order valence-electron chi connectivity index (χ2n) is 9.08. The average Bonchev–Trinajstić information content (AvgIpc) is 3.26. The van der Waals surface area contributed by atoms with Gasteiger partial charge in [0.05, 0.1) is 0 Å². The zero-order valence-electron chi connectivity index (χ0n) is 19.4. The predicted molar refractivity (Wildman–Crippen MR) is 131 cm³/mol. The van der Waals surface area contributed by atoms with Crippen LogP contribution >= 0.6 is 0 Å². The number of nitrogen functional groups attached to an aromatic ring is 1. The summed E-state index contributed by atoms with van der Waals surface area (Å²) in [4.78, 5) is 32.9. The molecule has 0 unspecified atom stereocenters. The number of hydrogen-bond donors (Lipinski definition) is 3. The van der Waals surface area contributed by atoms with Crippen LogP contribution in [0.1, 0.15) is 42.5 Å². The van der Waals surface area contributed by atoms with Gasteiger partial charge >= 0.3 is 0 Å². The molecule has 4 N–H and O–H groups in total. The van der Waals surface area contributed by atoms with Gasteiger partial charge in [-0.15, -0.1) is 5.10 Å². The minimum atomic E-state index is -0.437. The molecule has 0 saturated heterocycles. The monoisotopic (exact) mass is 457 g/mol. The predicted octanol–water partition coefficient (Wildman–Crippen LogP) is 3.27. The standard InChI is InChI=1S/C25H27N7O2/c1-25(2,3)18-5-7-19(8-6-18)30-24(34)23-29-15-32(31-23)14-21(33)28-13-16-4-9-20-17(12-16)10-11-27-22(20)26/h4-12,15H,13-14H2,1-3H3,(H2,26,27)(H,28,33)(H,30,34). The number of carbonyl (C=O) groups is 2. The van der Waals surface area contributed by atoms with E-state index >= 15 is 0 Å². The number of amides is 2. The van der Waals surface area contributed by atoms with E-state index in [2.05, 4.69) is 46.5 Å². The summed E-state index contributed by atoms with van der Waals surface area (Å²) >= 11 is 0. The highest BCUT2D eigenvalue weighted by Crippen LogP contribution is 2.23. The van der Waals surface area contributed by atoms with E-state index in [4.69, 9.17) is 5.73 Å². The Balaban J connectivity index is 1.31. The van der Waals surface area contributed by atoms with Crippen molar-refractivity contribution in [3.05, 3.63) is 78.0 Å². The SMILES string of the molecule is CC(C)(C)c1ccc(NC(=O)c2ncn(CC(=O)NCc3ccc4c(N)nccc4c3)n2)cc1. The largest absolute Gasteiger partial charge is 0.383 e. The topological polar surface area (TPSA) is 128 Å². The third-order valence-corrected chi connectivity index (χ3v) is 5.40. The summed E-state index contributed by atoms with van der Waals surface area (Å²) in [7, 11) is 0. The molecule has 0 aliphatic rings. The van der Waals surface area contributed by atoms with Gasteiger partial charge in [0.15, 0.2) is 0 Å². The third-order valence-electron chi connectivity index (χ3n) is 5.40. The molecule has 2 aromatic heterocycles. The Morgan fingerprint density at radius 3 is 2.53 bits per heavy atom. The molecule has 9 heteroatoms. The molecule has 0 bridgehead atoms. The highest BCUT2D eigenvalue weighted by Gasteiger charge is 2.15. The first-order valence-electron chi connectivity index (χ1n) is 10.9. The van der Waals surface area contributed by atoms with Crippen LogP contribution in [0.25, 0.3) is 10.8 Å². The van der Waals surface area contributed by atoms with Crippen molar-refractivity contribution < 1.29 is 9.59 Å². The Labute approximate surface area is 197 Å². The fourth-order valence-corrected chi connectivity index (χ4v) is 3.48. The molecule has 4 rings (SSSR count).